The molecule has 0 amide bonds. The molecule has 0 bridgehead atoms. The molecule has 3 nitrogen and oxygen atoms in total. The minimum atomic E-state index is 0.227. The van der Waals surface area contributed by atoms with Crippen molar-refractivity contribution in [2.75, 3.05) is 6.54 Å². The molecule has 1 unspecified atom stereocenters. The second-order valence-corrected chi connectivity index (χ2v) is 5.62. The van der Waals surface area contributed by atoms with Gasteiger partial charge in [0.25, 0.3) is 0 Å². The highest BCUT2D eigenvalue weighted by molar-refractivity contribution is 7.14. The summed E-state index contributed by atoms with van der Waals surface area (Å²) >= 11 is 7.82. The lowest BCUT2D eigenvalue weighted by molar-refractivity contribution is 0.590. The number of nitrogens with one attached hydrogen (secondary N) is 1. The minimum Gasteiger partial charge on any atom is -0.308 e. The van der Waals surface area contributed by atoms with Gasteiger partial charge < -0.3 is 5.32 Å². The van der Waals surface area contributed by atoms with Crippen molar-refractivity contribution >= 4 is 22.9 Å². The van der Waals surface area contributed by atoms with Crippen LogP contribution in [0.15, 0.2) is 18.2 Å². The Hall–Kier alpha value is -0.970. The van der Waals surface area contributed by atoms with E-state index in [1.165, 1.54) is 0 Å². The SMILES string of the molecule is CCNC(C)c1nnc(-c2ccc(C)cc2Cl)s1. The molecule has 0 saturated heterocycles. The smallest absolute Gasteiger partial charge is 0.149 e. The average Bonchev–Trinajstić information content (AvgIpc) is 2.78. The Morgan fingerprint density at radius 2 is 2.17 bits per heavy atom. The van der Waals surface area contributed by atoms with E-state index in [-0.39, 0.29) is 6.04 Å². The van der Waals surface area contributed by atoms with Crippen molar-refractivity contribution in [3.8, 4) is 10.6 Å². The van der Waals surface area contributed by atoms with Gasteiger partial charge in [0.05, 0.1) is 11.1 Å². The lowest BCUT2D eigenvalue weighted by Crippen LogP contribution is -2.17. The number of aromatic nitrogens is 2. The van der Waals surface area contributed by atoms with Gasteiger partial charge in [-0.25, -0.2) is 0 Å². The topological polar surface area (TPSA) is 37.8 Å². The number of halogens is 1. The molecule has 0 aliphatic heterocycles. The molecule has 0 aliphatic carbocycles. The van der Waals surface area contributed by atoms with Crippen molar-refractivity contribution < 1.29 is 0 Å². The monoisotopic (exact) mass is 281 g/mol. The van der Waals surface area contributed by atoms with Crippen molar-refractivity contribution in [2.45, 2.75) is 26.8 Å². The van der Waals surface area contributed by atoms with Gasteiger partial charge in [-0.2, -0.15) is 0 Å². The first-order valence-corrected chi connectivity index (χ1v) is 7.14. The Balaban J connectivity index is 2.29. The fourth-order valence-corrected chi connectivity index (χ4v) is 3.00. The molecule has 0 fully saturated rings. The summed E-state index contributed by atoms with van der Waals surface area (Å²) in [6, 6.07) is 6.21. The Bertz CT molecular complexity index is 539. The normalized spacial score (nSPS) is 12.7. The van der Waals surface area contributed by atoms with Crippen LogP contribution in [-0.2, 0) is 0 Å². The van der Waals surface area contributed by atoms with Gasteiger partial charge >= 0.3 is 0 Å². The third-order valence-corrected chi connectivity index (χ3v) is 4.13. The Morgan fingerprint density at radius 1 is 1.39 bits per heavy atom. The fraction of sp³-hybridized carbons (Fsp3) is 0.385. The second-order valence-electron chi connectivity index (χ2n) is 4.21. The van der Waals surface area contributed by atoms with E-state index >= 15 is 0 Å². The van der Waals surface area contributed by atoms with Crippen LogP contribution >= 0.6 is 22.9 Å². The molecule has 18 heavy (non-hydrogen) atoms. The van der Waals surface area contributed by atoms with E-state index in [0.29, 0.717) is 0 Å². The molecule has 0 radical (unpaired) electrons. The number of nitrogens with zero attached hydrogens (tertiary/aromatic N) is 2. The second kappa shape index (κ2) is 5.78. The predicted molar refractivity (Wildman–Crippen MR) is 77.2 cm³/mol. The van der Waals surface area contributed by atoms with Crippen LogP contribution in [0.4, 0.5) is 0 Å². The van der Waals surface area contributed by atoms with Crippen LogP contribution in [0.5, 0.6) is 0 Å². The highest BCUT2D eigenvalue weighted by Crippen LogP contribution is 2.32. The lowest BCUT2D eigenvalue weighted by atomic mass is 10.2. The molecule has 0 spiro atoms. The summed E-state index contributed by atoms with van der Waals surface area (Å²) < 4.78 is 0. The maximum atomic E-state index is 6.24. The van der Waals surface area contributed by atoms with E-state index in [2.05, 4.69) is 29.4 Å². The summed E-state index contributed by atoms with van der Waals surface area (Å²) in [5.41, 5.74) is 2.10. The van der Waals surface area contributed by atoms with Gasteiger partial charge in [0.15, 0.2) is 0 Å². The number of benzene rings is 1. The van der Waals surface area contributed by atoms with Crippen LogP contribution in [0.1, 0.15) is 30.5 Å². The quantitative estimate of drug-likeness (QED) is 0.925. The van der Waals surface area contributed by atoms with E-state index < -0.39 is 0 Å². The molecule has 2 rings (SSSR count). The molecule has 1 heterocycles. The first-order chi connectivity index (χ1) is 8.61. The zero-order chi connectivity index (χ0) is 13.1. The molecular weight excluding hydrogens is 266 g/mol. The summed E-state index contributed by atoms with van der Waals surface area (Å²) in [4.78, 5) is 0. The molecule has 1 aromatic carbocycles. The molecule has 1 aromatic heterocycles. The van der Waals surface area contributed by atoms with E-state index in [1.54, 1.807) is 11.3 Å². The van der Waals surface area contributed by atoms with Gasteiger partial charge in [-0.1, -0.05) is 42.0 Å². The molecule has 2 aromatic rings. The zero-order valence-corrected chi connectivity index (χ0v) is 12.3. The molecule has 96 valence electrons. The fourth-order valence-electron chi connectivity index (χ4n) is 1.71. The predicted octanol–water partition coefficient (Wildman–Crippen LogP) is 3.84. The minimum absolute atomic E-state index is 0.227. The number of rotatable bonds is 4. The lowest BCUT2D eigenvalue weighted by Gasteiger charge is -2.06. The molecular formula is C13H16ClN3S. The van der Waals surface area contributed by atoms with Crippen LogP contribution in [0, 0.1) is 6.92 Å². The number of hydrogen-bond acceptors (Lipinski definition) is 4. The largest absolute Gasteiger partial charge is 0.308 e. The van der Waals surface area contributed by atoms with Crippen molar-refractivity contribution in [1.29, 1.82) is 0 Å². The van der Waals surface area contributed by atoms with Crippen molar-refractivity contribution in [2.24, 2.45) is 0 Å². The first kappa shape index (κ1) is 13.5. The van der Waals surface area contributed by atoms with E-state index in [9.17, 15) is 0 Å². The van der Waals surface area contributed by atoms with Gasteiger partial charge in [-0.15, -0.1) is 10.2 Å². The summed E-state index contributed by atoms with van der Waals surface area (Å²) in [6.45, 7) is 7.11. The maximum Gasteiger partial charge on any atom is 0.149 e. The van der Waals surface area contributed by atoms with E-state index in [1.807, 2.05) is 25.1 Å². The molecule has 5 heteroatoms. The Labute approximate surface area is 116 Å². The van der Waals surface area contributed by atoms with Gasteiger partial charge in [0, 0.05) is 5.56 Å². The summed E-state index contributed by atoms with van der Waals surface area (Å²) in [6.07, 6.45) is 0. The molecule has 1 atom stereocenters. The van der Waals surface area contributed by atoms with Crippen molar-refractivity contribution in [3.63, 3.8) is 0 Å². The number of hydrogen-bond donors (Lipinski definition) is 1. The van der Waals surface area contributed by atoms with Gasteiger partial charge in [-0.05, 0) is 32.0 Å². The van der Waals surface area contributed by atoms with Gasteiger partial charge in [-0.3, -0.25) is 0 Å². The average molecular weight is 282 g/mol. The summed E-state index contributed by atoms with van der Waals surface area (Å²) in [5, 5.41) is 14.4. The van der Waals surface area contributed by atoms with Crippen LogP contribution in [0.25, 0.3) is 10.6 Å². The zero-order valence-electron chi connectivity index (χ0n) is 10.7. The number of aryl methyl sites for hydroxylation is 1. The van der Waals surface area contributed by atoms with Crippen LogP contribution in [0.2, 0.25) is 5.02 Å². The van der Waals surface area contributed by atoms with E-state index in [4.69, 9.17) is 11.6 Å². The van der Waals surface area contributed by atoms with Gasteiger partial charge in [0.2, 0.25) is 0 Å². The third-order valence-electron chi connectivity index (χ3n) is 2.68. The third kappa shape index (κ3) is 2.88. The van der Waals surface area contributed by atoms with Crippen molar-refractivity contribution in [3.05, 3.63) is 33.8 Å². The maximum absolute atomic E-state index is 6.24. The molecule has 0 aliphatic rings. The highest BCUT2D eigenvalue weighted by atomic mass is 35.5. The highest BCUT2D eigenvalue weighted by Gasteiger charge is 2.13. The first-order valence-electron chi connectivity index (χ1n) is 5.95. The molecule has 1 N–H and O–H groups in total. The van der Waals surface area contributed by atoms with Crippen LogP contribution in [-0.4, -0.2) is 16.7 Å². The summed E-state index contributed by atoms with van der Waals surface area (Å²) in [5.74, 6) is 0. The van der Waals surface area contributed by atoms with E-state index in [0.717, 1.165) is 32.7 Å². The Kier molecular flexibility index (Phi) is 4.32. The van der Waals surface area contributed by atoms with Crippen molar-refractivity contribution in [1.82, 2.24) is 15.5 Å². The van der Waals surface area contributed by atoms with Crippen LogP contribution in [0.3, 0.4) is 0 Å². The Morgan fingerprint density at radius 3 is 2.83 bits per heavy atom. The summed E-state index contributed by atoms with van der Waals surface area (Å²) in [7, 11) is 0. The molecule has 0 saturated carbocycles. The van der Waals surface area contributed by atoms with Gasteiger partial charge in [0.1, 0.15) is 10.0 Å². The van der Waals surface area contributed by atoms with Crippen LogP contribution < -0.4 is 5.32 Å². The standard InChI is InChI=1S/C13H16ClN3S/c1-4-15-9(3)12-16-17-13(18-12)10-6-5-8(2)7-11(10)14/h5-7,9,15H,4H2,1-3H3.